The number of hydrogen-bond acceptors (Lipinski definition) is 5. The molecular formula is C20H23N5O2. The van der Waals surface area contributed by atoms with Gasteiger partial charge in [-0.15, -0.1) is 10.2 Å². The maximum Gasteiger partial charge on any atom is 0.249 e. The Labute approximate surface area is 158 Å². The summed E-state index contributed by atoms with van der Waals surface area (Å²) in [5, 5.41) is 12.6. The summed E-state index contributed by atoms with van der Waals surface area (Å²) in [6.45, 7) is 4.73. The summed E-state index contributed by atoms with van der Waals surface area (Å²) in [5.41, 5.74) is 0.878. The summed E-state index contributed by atoms with van der Waals surface area (Å²) in [6.07, 6.45) is 3.54. The predicted molar refractivity (Wildman–Crippen MR) is 99.5 cm³/mol. The molecule has 27 heavy (non-hydrogen) atoms. The zero-order valence-electron chi connectivity index (χ0n) is 15.5. The van der Waals surface area contributed by atoms with Crippen LogP contribution in [0.1, 0.15) is 44.5 Å². The Kier molecular flexibility index (Phi) is 4.75. The fourth-order valence-corrected chi connectivity index (χ4v) is 3.59. The lowest BCUT2D eigenvalue weighted by molar-refractivity contribution is -0.140. The topological polar surface area (TPSA) is 77.1 Å². The molecule has 1 aliphatic rings. The third kappa shape index (κ3) is 3.49. The third-order valence-electron chi connectivity index (χ3n) is 5.18. The number of benzene rings is 1. The first kappa shape index (κ1) is 17.5. The molecule has 7 heteroatoms. The van der Waals surface area contributed by atoms with Gasteiger partial charge in [-0.05, 0) is 43.0 Å². The van der Waals surface area contributed by atoms with Crippen molar-refractivity contribution in [1.29, 1.82) is 0 Å². The Morgan fingerprint density at radius 1 is 1.22 bits per heavy atom. The highest BCUT2D eigenvalue weighted by Crippen LogP contribution is 2.35. The van der Waals surface area contributed by atoms with Crippen molar-refractivity contribution in [2.45, 2.75) is 38.8 Å². The number of nitrogens with zero attached hydrogens (tertiary/aromatic N) is 5. The first-order valence-electron chi connectivity index (χ1n) is 9.32. The number of rotatable bonds is 4. The van der Waals surface area contributed by atoms with Gasteiger partial charge in [0.05, 0.1) is 12.3 Å². The van der Waals surface area contributed by atoms with E-state index in [-0.39, 0.29) is 11.9 Å². The lowest BCUT2D eigenvalue weighted by Crippen LogP contribution is -2.43. The summed E-state index contributed by atoms with van der Waals surface area (Å²) in [4.78, 5) is 16.5. The zero-order chi connectivity index (χ0) is 18.8. The quantitative estimate of drug-likeness (QED) is 0.707. The molecule has 3 aromatic rings. The molecule has 3 unspecified atom stereocenters. The van der Waals surface area contributed by atoms with Crippen LogP contribution in [0, 0.1) is 5.92 Å². The summed E-state index contributed by atoms with van der Waals surface area (Å²) in [6, 6.07) is 12.9. The molecule has 0 bridgehead atoms. The number of piperidine rings is 1. The van der Waals surface area contributed by atoms with Crippen LogP contribution in [0.3, 0.4) is 0 Å². The van der Waals surface area contributed by atoms with Gasteiger partial charge in [0, 0.05) is 12.1 Å². The van der Waals surface area contributed by atoms with Crippen molar-refractivity contribution in [2.24, 2.45) is 5.92 Å². The monoisotopic (exact) mass is 365 g/mol. The molecule has 0 spiro atoms. The lowest BCUT2D eigenvalue weighted by Gasteiger charge is -2.38. The molecule has 1 aromatic carbocycles. The number of likely N-dealkylation sites (tertiary alicyclic amines) is 1. The molecule has 3 atom stereocenters. The van der Waals surface area contributed by atoms with Gasteiger partial charge in [0.2, 0.25) is 11.7 Å². The summed E-state index contributed by atoms with van der Waals surface area (Å²) in [7, 11) is 0. The summed E-state index contributed by atoms with van der Waals surface area (Å²) >= 11 is 0. The normalized spacial score (nSPS) is 21.2. The standard InChI is InChI=1S/C20H23N5O2/c1-14-10-11-24(17(13-14)18-9-6-12-27-18)20(26)15(2)25-22-19(21-23-25)16-7-4-3-5-8-16/h3-9,12,14-15,17H,10-11,13H2,1-2H3. The van der Waals surface area contributed by atoms with Crippen molar-refractivity contribution >= 4 is 5.91 Å². The van der Waals surface area contributed by atoms with Crippen LogP contribution in [0.25, 0.3) is 11.4 Å². The SMILES string of the molecule is CC1CCN(C(=O)C(C)n2nnc(-c3ccccc3)n2)C(c2ccco2)C1. The van der Waals surface area contributed by atoms with Crippen molar-refractivity contribution in [3.8, 4) is 11.4 Å². The van der Waals surface area contributed by atoms with Crippen molar-refractivity contribution in [3.05, 3.63) is 54.5 Å². The molecule has 1 aliphatic heterocycles. The molecule has 0 saturated carbocycles. The van der Waals surface area contributed by atoms with Gasteiger partial charge in [-0.3, -0.25) is 4.79 Å². The number of furan rings is 1. The number of amides is 1. The van der Waals surface area contributed by atoms with Crippen LogP contribution < -0.4 is 0 Å². The highest BCUT2D eigenvalue weighted by Gasteiger charge is 2.35. The van der Waals surface area contributed by atoms with Gasteiger partial charge in [-0.25, -0.2) is 0 Å². The Hall–Kier alpha value is -2.96. The van der Waals surface area contributed by atoms with E-state index in [1.807, 2.05) is 54.3 Å². The van der Waals surface area contributed by atoms with Gasteiger partial charge in [0.1, 0.15) is 11.8 Å². The Morgan fingerprint density at radius 3 is 2.78 bits per heavy atom. The molecule has 1 amide bonds. The average molecular weight is 365 g/mol. The molecule has 4 rings (SSSR count). The van der Waals surface area contributed by atoms with Crippen LogP contribution in [0.15, 0.2) is 53.1 Å². The molecule has 1 saturated heterocycles. The van der Waals surface area contributed by atoms with Crippen molar-refractivity contribution in [2.75, 3.05) is 6.54 Å². The average Bonchev–Trinajstić information content (AvgIpc) is 3.39. The van der Waals surface area contributed by atoms with Crippen LogP contribution in [0.2, 0.25) is 0 Å². The van der Waals surface area contributed by atoms with E-state index in [2.05, 4.69) is 22.3 Å². The Morgan fingerprint density at radius 2 is 2.04 bits per heavy atom. The second-order valence-corrected chi connectivity index (χ2v) is 7.17. The lowest BCUT2D eigenvalue weighted by atomic mass is 9.90. The molecular weight excluding hydrogens is 342 g/mol. The van der Waals surface area contributed by atoms with E-state index in [0.29, 0.717) is 18.3 Å². The van der Waals surface area contributed by atoms with E-state index >= 15 is 0 Å². The smallest absolute Gasteiger partial charge is 0.249 e. The van der Waals surface area contributed by atoms with Gasteiger partial charge < -0.3 is 9.32 Å². The van der Waals surface area contributed by atoms with Gasteiger partial charge in [0.15, 0.2) is 0 Å². The van der Waals surface area contributed by atoms with Gasteiger partial charge in [-0.2, -0.15) is 4.80 Å². The number of aromatic nitrogens is 4. The van der Waals surface area contributed by atoms with Crippen molar-refractivity contribution in [1.82, 2.24) is 25.1 Å². The van der Waals surface area contributed by atoms with E-state index < -0.39 is 6.04 Å². The van der Waals surface area contributed by atoms with E-state index in [0.717, 1.165) is 24.2 Å². The van der Waals surface area contributed by atoms with Crippen LogP contribution in [0.4, 0.5) is 0 Å². The van der Waals surface area contributed by atoms with E-state index in [4.69, 9.17) is 4.42 Å². The van der Waals surface area contributed by atoms with Gasteiger partial charge in [0.25, 0.3) is 0 Å². The molecule has 1 fully saturated rings. The molecule has 0 N–H and O–H groups in total. The fraction of sp³-hybridized carbons (Fsp3) is 0.400. The minimum absolute atomic E-state index is 0.0136. The molecule has 0 aliphatic carbocycles. The summed E-state index contributed by atoms with van der Waals surface area (Å²) < 4.78 is 5.60. The fourth-order valence-electron chi connectivity index (χ4n) is 3.59. The highest BCUT2D eigenvalue weighted by atomic mass is 16.3. The minimum Gasteiger partial charge on any atom is -0.467 e. The van der Waals surface area contributed by atoms with E-state index in [1.165, 1.54) is 4.80 Å². The number of hydrogen-bond donors (Lipinski definition) is 0. The van der Waals surface area contributed by atoms with Crippen LogP contribution in [0.5, 0.6) is 0 Å². The Balaban J connectivity index is 1.55. The maximum atomic E-state index is 13.2. The van der Waals surface area contributed by atoms with Crippen LogP contribution in [-0.4, -0.2) is 37.6 Å². The molecule has 7 nitrogen and oxygen atoms in total. The first-order valence-corrected chi connectivity index (χ1v) is 9.32. The van der Waals surface area contributed by atoms with Crippen molar-refractivity contribution in [3.63, 3.8) is 0 Å². The largest absolute Gasteiger partial charge is 0.467 e. The summed E-state index contributed by atoms with van der Waals surface area (Å²) in [5.74, 6) is 1.89. The molecule has 2 aromatic heterocycles. The maximum absolute atomic E-state index is 13.2. The van der Waals surface area contributed by atoms with Gasteiger partial charge >= 0.3 is 0 Å². The predicted octanol–water partition coefficient (Wildman–Crippen LogP) is 3.49. The third-order valence-corrected chi connectivity index (χ3v) is 5.18. The number of carbonyl (C=O) groups excluding carboxylic acids is 1. The van der Waals surface area contributed by atoms with E-state index in [9.17, 15) is 4.79 Å². The second kappa shape index (κ2) is 7.34. The molecule has 3 heterocycles. The van der Waals surface area contributed by atoms with E-state index in [1.54, 1.807) is 6.26 Å². The minimum atomic E-state index is -0.527. The Bertz CT molecular complexity index is 890. The molecule has 140 valence electrons. The van der Waals surface area contributed by atoms with Crippen LogP contribution in [-0.2, 0) is 4.79 Å². The first-order chi connectivity index (χ1) is 13.1. The van der Waals surface area contributed by atoms with Crippen LogP contribution >= 0.6 is 0 Å². The van der Waals surface area contributed by atoms with Crippen molar-refractivity contribution < 1.29 is 9.21 Å². The van der Waals surface area contributed by atoms with Gasteiger partial charge in [-0.1, -0.05) is 37.3 Å². The second-order valence-electron chi connectivity index (χ2n) is 7.17. The zero-order valence-corrected chi connectivity index (χ0v) is 15.5. The molecule has 0 radical (unpaired) electrons. The number of tetrazole rings is 1. The number of carbonyl (C=O) groups is 1. The highest BCUT2D eigenvalue weighted by molar-refractivity contribution is 5.80.